The van der Waals surface area contributed by atoms with Crippen molar-refractivity contribution in [1.82, 2.24) is 4.57 Å². The molecule has 0 fully saturated rings. The Labute approximate surface area is 90.2 Å². The normalized spacial score (nSPS) is 10.5. The van der Waals surface area contributed by atoms with Crippen molar-refractivity contribution in [2.24, 2.45) is 7.05 Å². The van der Waals surface area contributed by atoms with Crippen LogP contribution in [0, 0.1) is 5.41 Å². The molecule has 0 aliphatic heterocycles. The summed E-state index contributed by atoms with van der Waals surface area (Å²) < 4.78 is 7.33. The first-order valence-electron chi connectivity index (χ1n) is 4.36. The van der Waals surface area contributed by atoms with Gasteiger partial charge >= 0.3 is 5.97 Å². The molecule has 0 bridgehead atoms. The van der Waals surface area contributed by atoms with Crippen LogP contribution in [0.4, 0.5) is 0 Å². The predicted molar refractivity (Wildman–Crippen MR) is 58.0 cm³/mol. The second-order valence-electron chi connectivity index (χ2n) is 3.14. The molecule has 0 aliphatic carbocycles. The minimum Gasteiger partial charge on any atom is -0.465 e. The molecule has 0 amide bonds. The molecule has 2 aromatic rings. The molecule has 78 valence electrons. The predicted octanol–water partition coefficient (Wildman–Crippen LogP) is 1.51. The summed E-state index contributed by atoms with van der Waals surface area (Å²) in [6.07, 6.45) is 0. The van der Waals surface area contributed by atoms with Crippen LogP contribution in [0.2, 0.25) is 0 Å². The van der Waals surface area contributed by atoms with Crippen molar-refractivity contribution >= 4 is 27.5 Å². The number of carbonyl (C=O) groups excluding carboxylic acids is 1. The smallest absolute Gasteiger partial charge is 0.337 e. The minimum atomic E-state index is -0.348. The van der Waals surface area contributed by atoms with E-state index in [1.807, 2.05) is 13.1 Å². The zero-order valence-corrected chi connectivity index (χ0v) is 9.22. The molecule has 4 nitrogen and oxygen atoms in total. The van der Waals surface area contributed by atoms with E-state index in [-0.39, 0.29) is 5.97 Å². The van der Waals surface area contributed by atoms with E-state index in [0.29, 0.717) is 10.4 Å². The van der Waals surface area contributed by atoms with Gasteiger partial charge in [0.15, 0.2) is 4.80 Å². The Morgan fingerprint density at radius 1 is 1.53 bits per heavy atom. The molecule has 0 spiro atoms. The van der Waals surface area contributed by atoms with Crippen molar-refractivity contribution in [3.8, 4) is 0 Å². The van der Waals surface area contributed by atoms with Crippen LogP contribution in [0.3, 0.4) is 0 Å². The average Bonchev–Trinajstić information content (AvgIpc) is 2.53. The van der Waals surface area contributed by atoms with Crippen molar-refractivity contribution in [3.63, 3.8) is 0 Å². The maximum atomic E-state index is 11.3. The molecule has 1 aromatic heterocycles. The van der Waals surface area contributed by atoms with Crippen molar-refractivity contribution in [2.45, 2.75) is 0 Å². The van der Waals surface area contributed by atoms with Crippen LogP contribution in [0.1, 0.15) is 10.4 Å². The average molecular weight is 222 g/mol. The molecule has 0 aliphatic rings. The van der Waals surface area contributed by atoms with Gasteiger partial charge in [0.05, 0.1) is 22.9 Å². The molecule has 1 aromatic carbocycles. The fraction of sp³-hybridized carbons (Fsp3) is 0.200. The second-order valence-corrected chi connectivity index (χ2v) is 4.17. The van der Waals surface area contributed by atoms with Crippen LogP contribution in [-0.4, -0.2) is 17.6 Å². The van der Waals surface area contributed by atoms with Gasteiger partial charge in [-0.3, -0.25) is 5.41 Å². The van der Waals surface area contributed by atoms with Crippen molar-refractivity contribution < 1.29 is 9.53 Å². The fourth-order valence-corrected chi connectivity index (χ4v) is 2.34. The summed E-state index contributed by atoms with van der Waals surface area (Å²) in [7, 11) is 3.19. The first-order valence-corrected chi connectivity index (χ1v) is 5.17. The Balaban J connectivity index is 2.67. The van der Waals surface area contributed by atoms with Gasteiger partial charge in [0.25, 0.3) is 0 Å². The summed E-state index contributed by atoms with van der Waals surface area (Å²) in [6.45, 7) is 0. The van der Waals surface area contributed by atoms with E-state index < -0.39 is 0 Å². The number of benzene rings is 1. The monoisotopic (exact) mass is 222 g/mol. The van der Waals surface area contributed by atoms with Gasteiger partial charge in [0.1, 0.15) is 0 Å². The number of thiazole rings is 1. The lowest BCUT2D eigenvalue weighted by Crippen LogP contribution is -2.06. The van der Waals surface area contributed by atoms with Crippen LogP contribution in [0.15, 0.2) is 18.2 Å². The SMILES string of the molecule is COC(=O)c1ccc2c(c1)sc(=N)n2C. The number of carbonyl (C=O) groups is 1. The highest BCUT2D eigenvalue weighted by molar-refractivity contribution is 7.16. The van der Waals surface area contributed by atoms with E-state index in [9.17, 15) is 4.79 Å². The molecule has 5 heteroatoms. The molecule has 0 radical (unpaired) electrons. The molecule has 0 atom stereocenters. The summed E-state index contributed by atoms with van der Waals surface area (Å²) in [5.74, 6) is -0.348. The van der Waals surface area contributed by atoms with E-state index in [0.717, 1.165) is 10.2 Å². The summed E-state index contributed by atoms with van der Waals surface area (Å²) in [6, 6.07) is 5.29. The number of ether oxygens (including phenoxy) is 1. The largest absolute Gasteiger partial charge is 0.465 e. The van der Waals surface area contributed by atoms with Gasteiger partial charge in [-0.15, -0.1) is 0 Å². The highest BCUT2D eigenvalue weighted by Gasteiger charge is 2.08. The van der Waals surface area contributed by atoms with E-state index in [4.69, 9.17) is 5.41 Å². The Kier molecular flexibility index (Phi) is 2.32. The molecule has 0 saturated carbocycles. The quantitative estimate of drug-likeness (QED) is 0.743. The van der Waals surface area contributed by atoms with Gasteiger partial charge in [-0.05, 0) is 18.2 Å². The number of methoxy groups -OCH3 is 1. The Hall–Kier alpha value is -1.62. The fourth-order valence-electron chi connectivity index (χ4n) is 1.40. The standard InChI is InChI=1S/C10H10N2O2S/c1-12-7-4-3-6(9(13)14-2)5-8(7)15-10(12)11/h3-5,11H,1-2H3. The highest BCUT2D eigenvalue weighted by Crippen LogP contribution is 2.18. The van der Waals surface area contributed by atoms with Crippen molar-refractivity contribution in [1.29, 1.82) is 5.41 Å². The third kappa shape index (κ3) is 1.55. The maximum absolute atomic E-state index is 11.3. The second kappa shape index (κ2) is 3.51. The van der Waals surface area contributed by atoms with E-state index in [1.54, 1.807) is 16.7 Å². The first kappa shape index (κ1) is 9.92. The number of nitrogens with one attached hydrogen (secondary N) is 1. The molecule has 1 N–H and O–H groups in total. The molecule has 1 heterocycles. The first-order chi connectivity index (χ1) is 7.13. The number of aromatic nitrogens is 1. The van der Waals surface area contributed by atoms with Gasteiger partial charge in [-0.25, -0.2) is 4.79 Å². The highest BCUT2D eigenvalue weighted by atomic mass is 32.1. The molecular formula is C10H10N2O2S. The number of rotatable bonds is 1. The van der Waals surface area contributed by atoms with Crippen LogP contribution >= 0.6 is 11.3 Å². The van der Waals surface area contributed by atoms with Gasteiger partial charge < -0.3 is 9.30 Å². The van der Waals surface area contributed by atoms with Crippen molar-refractivity contribution in [3.05, 3.63) is 28.6 Å². The van der Waals surface area contributed by atoms with Crippen LogP contribution < -0.4 is 4.80 Å². The summed E-state index contributed by atoms with van der Waals surface area (Å²) in [5.41, 5.74) is 1.48. The lowest BCUT2D eigenvalue weighted by atomic mass is 10.2. The molecule has 0 unspecified atom stereocenters. The topological polar surface area (TPSA) is 55.1 Å². The van der Waals surface area contributed by atoms with Crippen molar-refractivity contribution in [2.75, 3.05) is 7.11 Å². The number of esters is 1. The van der Waals surface area contributed by atoms with Gasteiger partial charge in [0, 0.05) is 7.05 Å². The Bertz CT molecular complexity index is 583. The number of fused-ring (bicyclic) bond motifs is 1. The molecule has 2 rings (SSSR count). The third-order valence-corrected chi connectivity index (χ3v) is 3.27. The van der Waals surface area contributed by atoms with Gasteiger partial charge in [-0.1, -0.05) is 11.3 Å². The molecule has 0 saturated heterocycles. The zero-order valence-electron chi connectivity index (χ0n) is 8.40. The number of hydrogen-bond acceptors (Lipinski definition) is 4. The van der Waals surface area contributed by atoms with E-state index in [1.165, 1.54) is 18.4 Å². The maximum Gasteiger partial charge on any atom is 0.337 e. The van der Waals surface area contributed by atoms with E-state index >= 15 is 0 Å². The third-order valence-electron chi connectivity index (χ3n) is 2.25. The van der Waals surface area contributed by atoms with Crippen LogP contribution in [0.5, 0.6) is 0 Å². The number of hydrogen-bond donors (Lipinski definition) is 1. The van der Waals surface area contributed by atoms with E-state index in [2.05, 4.69) is 4.74 Å². The lowest BCUT2D eigenvalue weighted by Gasteiger charge is -1.99. The van der Waals surface area contributed by atoms with Gasteiger partial charge in [-0.2, -0.15) is 0 Å². The number of nitrogens with zero attached hydrogens (tertiary/aromatic N) is 1. The molecular weight excluding hydrogens is 212 g/mol. The van der Waals surface area contributed by atoms with Gasteiger partial charge in [0.2, 0.25) is 0 Å². The zero-order chi connectivity index (χ0) is 11.0. The van der Waals surface area contributed by atoms with Crippen LogP contribution in [0.25, 0.3) is 10.2 Å². The summed E-state index contributed by atoms with van der Waals surface area (Å²) >= 11 is 1.34. The minimum absolute atomic E-state index is 0.348. The summed E-state index contributed by atoms with van der Waals surface area (Å²) in [4.78, 5) is 11.7. The lowest BCUT2D eigenvalue weighted by molar-refractivity contribution is 0.0601. The Morgan fingerprint density at radius 3 is 2.93 bits per heavy atom. The van der Waals surface area contributed by atoms with Crippen LogP contribution in [-0.2, 0) is 11.8 Å². The number of aryl methyl sites for hydroxylation is 1. The summed E-state index contributed by atoms with van der Waals surface area (Å²) in [5, 5.41) is 7.64. The molecule has 15 heavy (non-hydrogen) atoms. The Morgan fingerprint density at radius 2 is 2.27 bits per heavy atom.